The lowest BCUT2D eigenvalue weighted by Crippen LogP contribution is -2.13. The summed E-state index contributed by atoms with van der Waals surface area (Å²) in [6.45, 7) is 2.86. The largest absolute Gasteiger partial charge is 0.300 e. The molecule has 0 N–H and O–H groups in total. The van der Waals surface area contributed by atoms with Crippen LogP contribution in [-0.2, 0) is 0 Å². The van der Waals surface area contributed by atoms with Crippen molar-refractivity contribution in [1.82, 2.24) is 0 Å². The first kappa shape index (κ1) is 10.8. The molecule has 0 saturated heterocycles. The molecule has 0 aliphatic rings. The van der Waals surface area contributed by atoms with Crippen LogP contribution in [0.25, 0.3) is 0 Å². The third-order valence-corrected chi connectivity index (χ3v) is 1.95. The molecule has 0 atom stereocenters. The molecule has 0 unspecified atom stereocenters. The number of carbonyl (C=O) groups excluding carboxylic acids is 1. The van der Waals surface area contributed by atoms with E-state index in [1.165, 1.54) is 19.1 Å². The Bertz CT molecular complexity index is 372. The number of alkyl halides is 2. The highest BCUT2D eigenvalue weighted by Gasteiger charge is 2.21. The molecule has 1 aromatic rings. The zero-order valence-electron chi connectivity index (χ0n) is 7.77. The van der Waals surface area contributed by atoms with Crippen molar-refractivity contribution in [1.29, 1.82) is 0 Å². The maximum absolute atomic E-state index is 13.1. The second kappa shape index (κ2) is 3.82. The highest BCUT2D eigenvalue weighted by atomic mass is 19.3. The highest BCUT2D eigenvalue weighted by Crippen LogP contribution is 2.18. The minimum atomic E-state index is -3.09. The second-order valence-corrected chi connectivity index (χ2v) is 3.08. The van der Waals surface area contributed by atoms with E-state index in [0.29, 0.717) is 5.56 Å². The van der Waals surface area contributed by atoms with Crippen LogP contribution in [0.1, 0.15) is 21.5 Å². The summed E-state index contributed by atoms with van der Waals surface area (Å²) in [5, 5.41) is 0. The molecule has 0 spiro atoms. The molecule has 4 heteroatoms. The summed E-state index contributed by atoms with van der Waals surface area (Å²) in [6, 6.07) is 2.48. The summed E-state index contributed by atoms with van der Waals surface area (Å²) in [6.07, 6.45) is -3.09. The van der Waals surface area contributed by atoms with Crippen LogP contribution in [-0.4, -0.2) is 12.2 Å². The molecule has 0 bridgehead atoms. The predicted molar refractivity (Wildman–Crippen MR) is 46.2 cm³/mol. The second-order valence-electron chi connectivity index (χ2n) is 3.08. The first-order chi connectivity index (χ1) is 6.43. The molecule has 0 radical (unpaired) electrons. The van der Waals surface area contributed by atoms with Crippen molar-refractivity contribution >= 4 is 5.78 Å². The fraction of sp³-hybridized carbons (Fsp3) is 0.300. The molecule has 1 nitrogen and oxygen atoms in total. The first-order valence-corrected chi connectivity index (χ1v) is 4.02. The van der Waals surface area contributed by atoms with Gasteiger partial charge in [-0.3, -0.25) is 4.79 Å². The van der Waals surface area contributed by atoms with Crippen molar-refractivity contribution in [2.75, 3.05) is 0 Å². The average Bonchev–Trinajstić information content (AvgIpc) is 2.09. The highest BCUT2D eigenvalue weighted by molar-refractivity contribution is 5.99. The van der Waals surface area contributed by atoms with Crippen molar-refractivity contribution in [3.63, 3.8) is 0 Å². The Morgan fingerprint density at radius 1 is 1.29 bits per heavy atom. The fourth-order valence-corrected chi connectivity index (χ4v) is 1.19. The molecule has 0 saturated carbocycles. The van der Waals surface area contributed by atoms with Gasteiger partial charge in [0.1, 0.15) is 5.82 Å². The third kappa shape index (κ3) is 1.95. The maximum atomic E-state index is 13.1. The number of Topliss-reactive ketones (excluding diaryl/α,β-unsaturated/α-hetero) is 1. The number of aryl methyl sites for hydroxylation is 1. The number of benzene rings is 1. The minimum Gasteiger partial charge on any atom is -0.288 e. The lowest BCUT2D eigenvalue weighted by molar-refractivity contribution is 0.0677. The Kier molecular flexibility index (Phi) is 2.93. The van der Waals surface area contributed by atoms with E-state index >= 15 is 0 Å². The summed E-state index contributed by atoms with van der Waals surface area (Å²) in [4.78, 5) is 11.0. The van der Waals surface area contributed by atoms with Gasteiger partial charge < -0.3 is 0 Å². The molecule has 0 aromatic heterocycles. The van der Waals surface area contributed by atoms with Crippen molar-refractivity contribution in [3.05, 3.63) is 34.6 Å². The topological polar surface area (TPSA) is 17.1 Å². The molecule has 0 aliphatic heterocycles. The van der Waals surface area contributed by atoms with Gasteiger partial charge in [-0.2, -0.15) is 0 Å². The van der Waals surface area contributed by atoms with E-state index in [2.05, 4.69) is 0 Å². The Morgan fingerprint density at radius 2 is 1.86 bits per heavy atom. The molecular formula is C10H9F3O. The Balaban J connectivity index is 3.27. The van der Waals surface area contributed by atoms with E-state index in [-0.39, 0.29) is 11.1 Å². The lowest BCUT2D eigenvalue weighted by Gasteiger charge is -2.06. The Labute approximate surface area is 79.5 Å². The van der Waals surface area contributed by atoms with Gasteiger partial charge >= 0.3 is 6.43 Å². The molecule has 1 aromatic carbocycles. The summed E-state index contributed by atoms with van der Waals surface area (Å²) in [5.41, 5.74) is 0.190. The van der Waals surface area contributed by atoms with E-state index in [1.807, 2.05) is 0 Å². The van der Waals surface area contributed by atoms with Crippen LogP contribution >= 0.6 is 0 Å². The lowest BCUT2D eigenvalue weighted by atomic mass is 10.0. The summed E-state index contributed by atoms with van der Waals surface area (Å²) < 4.78 is 37.2. The molecule has 76 valence electrons. The predicted octanol–water partition coefficient (Wildman–Crippen LogP) is 2.89. The summed E-state index contributed by atoms with van der Waals surface area (Å²) in [7, 11) is 0. The van der Waals surface area contributed by atoms with Crippen LogP contribution in [0.5, 0.6) is 0 Å². The quantitative estimate of drug-likeness (QED) is 0.674. The van der Waals surface area contributed by atoms with Crippen molar-refractivity contribution in [2.45, 2.75) is 20.3 Å². The van der Waals surface area contributed by atoms with Gasteiger partial charge in [-0.05, 0) is 37.1 Å². The van der Waals surface area contributed by atoms with Gasteiger partial charge in [-0.15, -0.1) is 0 Å². The Hall–Kier alpha value is -1.32. The van der Waals surface area contributed by atoms with Gasteiger partial charge in [-0.25, -0.2) is 13.2 Å². The van der Waals surface area contributed by atoms with E-state index in [9.17, 15) is 18.0 Å². The zero-order valence-corrected chi connectivity index (χ0v) is 7.77. The van der Waals surface area contributed by atoms with Crippen LogP contribution < -0.4 is 0 Å². The van der Waals surface area contributed by atoms with Crippen molar-refractivity contribution in [3.8, 4) is 0 Å². The number of ketones is 1. The normalized spacial score (nSPS) is 10.7. The number of hydrogen-bond acceptors (Lipinski definition) is 1. The van der Waals surface area contributed by atoms with E-state index in [1.54, 1.807) is 6.92 Å². The van der Waals surface area contributed by atoms with Gasteiger partial charge in [0.15, 0.2) is 0 Å². The van der Waals surface area contributed by atoms with Crippen molar-refractivity contribution in [2.24, 2.45) is 0 Å². The molecule has 14 heavy (non-hydrogen) atoms. The standard InChI is InChI=1S/C10H9F3O/c1-5-3-7(9(14)10(12)13)6(2)8(11)4-5/h3-4,10H,1-2H3. The fourth-order valence-electron chi connectivity index (χ4n) is 1.19. The van der Waals surface area contributed by atoms with Gasteiger partial charge in [0.25, 0.3) is 0 Å². The summed E-state index contributed by atoms with van der Waals surface area (Å²) in [5.74, 6) is -1.96. The number of rotatable bonds is 2. The van der Waals surface area contributed by atoms with E-state index in [4.69, 9.17) is 0 Å². The minimum absolute atomic E-state index is 0.0269. The van der Waals surface area contributed by atoms with Crippen LogP contribution in [0.2, 0.25) is 0 Å². The van der Waals surface area contributed by atoms with E-state index in [0.717, 1.165) is 0 Å². The van der Waals surface area contributed by atoms with Gasteiger partial charge in [0, 0.05) is 5.56 Å². The summed E-state index contributed by atoms with van der Waals surface area (Å²) >= 11 is 0. The monoisotopic (exact) mass is 202 g/mol. The molecule has 0 amide bonds. The maximum Gasteiger partial charge on any atom is 0.300 e. The van der Waals surface area contributed by atoms with Gasteiger partial charge in [0.05, 0.1) is 0 Å². The van der Waals surface area contributed by atoms with Crippen LogP contribution in [0.4, 0.5) is 13.2 Å². The number of halogens is 3. The van der Waals surface area contributed by atoms with Gasteiger partial charge in [-0.1, -0.05) is 0 Å². The van der Waals surface area contributed by atoms with Crippen LogP contribution in [0, 0.1) is 19.7 Å². The SMILES string of the molecule is Cc1cc(F)c(C)c(C(=O)C(F)F)c1. The zero-order chi connectivity index (χ0) is 10.9. The van der Waals surface area contributed by atoms with E-state index < -0.39 is 18.0 Å². The molecule has 1 rings (SSSR count). The number of hydrogen-bond donors (Lipinski definition) is 0. The van der Waals surface area contributed by atoms with Crippen LogP contribution in [0.3, 0.4) is 0 Å². The molecule has 0 aliphatic carbocycles. The molecule has 0 heterocycles. The Morgan fingerprint density at radius 3 is 2.36 bits per heavy atom. The van der Waals surface area contributed by atoms with Gasteiger partial charge in [0.2, 0.25) is 5.78 Å². The van der Waals surface area contributed by atoms with Crippen molar-refractivity contribution < 1.29 is 18.0 Å². The molecular weight excluding hydrogens is 193 g/mol. The smallest absolute Gasteiger partial charge is 0.288 e. The number of carbonyl (C=O) groups is 1. The molecule has 0 fully saturated rings. The first-order valence-electron chi connectivity index (χ1n) is 4.02. The third-order valence-electron chi connectivity index (χ3n) is 1.95. The van der Waals surface area contributed by atoms with Crippen LogP contribution in [0.15, 0.2) is 12.1 Å². The average molecular weight is 202 g/mol.